The number of hydrogen-bond acceptors (Lipinski definition) is 4. The average molecular weight is 353 g/mol. The minimum Gasteiger partial charge on any atom is -0.444 e. The number of hydrogen-bond donors (Lipinski definition) is 1. The van der Waals surface area contributed by atoms with Crippen LogP contribution in [0.5, 0.6) is 0 Å². The van der Waals surface area contributed by atoms with E-state index in [9.17, 15) is 4.79 Å². The van der Waals surface area contributed by atoms with Crippen molar-refractivity contribution in [3.05, 3.63) is 22.4 Å². The van der Waals surface area contributed by atoms with Gasteiger partial charge in [0.15, 0.2) is 0 Å². The van der Waals surface area contributed by atoms with Crippen molar-refractivity contribution in [3.8, 4) is 0 Å². The van der Waals surface area contributed by atoms with Crippen molar-refractivity contribution in [1.29, 1.82) is 0 Å². The van der Waals surface area contributed by atoms with E-state index in [1.54, 1.807) is 11.3 Å². The highest BCUT2D eigenvalue weighted by molar-refractivity contribution is 7.07. The quantitative estimate of drug-likeness (QED) is 0.822. The zero-order valence-corrected chi connectivity index (χ0v) is 16.5. The lowest BCUT2D eigenvalue weighted by Crippen LogP contribution is -2.44. The third kappa shape index (κ3) is 6.10. The van der Waals surface area contributed by atoms with E-state index in [2.05, 4.69) is 36.0 Å². The number of ether oxygens (including phenoxy) is 1. The van der Waals surface area contributed by atoms with Gasteiger partial charge >= 0.3 is 6.09 Å². The molecular formula is C19H32N2O2S. The van der Waals surface area contributed by atoms with Crippen molar-refractivity contribution in [2.75, 3.05) is 6.54 Å². The minimum atomic E-state index is -0.427. The van der Waals surface area contributed by atoms with Gasteiger partial charge in [0.2, 0.25) is 0 Å². The summed E-state index contributed by atoms with van der Waals surface area (Å²) in [6, 6.07) is 3.29. The fraction of sp³-hybridized carbons (Fsp3) is 0.737. The molecule has 5 heteroatoms. The zero-order valence-electron chi connectivity index (χ0n) is 15.7. The Labute approximate surface area is 150 Å². The van der Waals surface area contributed by atoms with Crippen molar-refractivity contribution in [3.63, 3.8) is 0 Å². The highest BCUT2D eigenvalue weighted by Crippen LogP contribution is 2.24. The first-order chi connectivity index (χ1) is 11.2. The first kappa shape index (κ1) is 19.3. The molecule has 0 saturated carbocycles. The van der Waals surface area contributed by atoms with E-state index in [-0.39, 0.29) is 12.1 Å². The summed E-state index contributed by atoms with van der Waals surface area (Å²) in [6.07, 6.45) is 4.01. The van der Waals surface area contributed by atoms with Crippen LogP contribution >= 0.6 is 11.3 Å². The summed E-state index contributed by atoms with van der Waals surface area (Å²) in [7, 11) is 0. The van der Waals surface area contributed by atoms with Gasteiger partial charge in [-0.3, -0.25) is 0 Å². The Morgan fingerprint density at radius 1 is 1.42 bits per heavy atom. The van der Waals surface area contributed by atoms with Gasteiger partial charge in [0.1, 0.15) is 5.60 Å². The molecule has 3 atom stereocenters. The van der Waals surface area contributed by atoms with Gasteiger partial charge in [-0.05, 0) is 82.7 Å². The second kappa shape index (κ2) is 8.34. The van der Waals surface area contributed by atoms with E-state index in [0.717, 1.165) is 32.2 Å². The smallest absolute Gasteiger partial charge is 0.410 e. The number of likely N-dealkylation sites (tertiary alicyclic amines) is 1. The second-order valence-corrected chi connectivity index (χ2v) is 8.79. The zero-order chi connectivity index (χ0) is 17.7. The Kier molecular flexibility index (Phi) is 6.70. The molecule has 1 aliphatic rings. The first-order valence-corrected chi connectivity index (χ1v) is 9.95. The molecule has 24 heavy (non-hydrogen) atoms. The molecule has 4 nitrogen and oxygen atoms in total. The number of carbonyl (C=O) groups excluding carboxylic acids is 1. The molecule has 1 aromatic rings. The standard InChI is InChI=1S/C19H32N2O2S/c1-14(11-16-8-10-24-13-16)20-15(2)12-17-7-6-9-21(17)18(22)23-19(3,4)5/h8,10,13-15,17,20H,6-7,9,11-12H2,1-5H3. The van der Waals surface area contributed by atoms with Crippen LogP contribution in [0.1, 0.15) is 59.4 Å². The number of carbonyl (C=O) groups is 1. The van der Waals surface area contributed by atoms with Crippen molar-refractivity contribution in [2.45, 2.75) is 84.0 Å². The lowest BCUT2D eigenvalue weighted by Gasteiger charge is -2.30. The largest absolute Gasteiger partial charge is 0.444 e. The predicted molar refractivity (Wildman–Crippen MR) is 101 cm³/mol. The molecule has 1 fully saturated rings. The maximum absolute atomic E-state index is 12.4. The first-order valence-electron chi connectivity index (χ1n) is 9.01. The van der Waals surface area contributed by atoms with E-state index >= 15 is 0 Å². The Balaban J connectivity index is 1.81. The summed E-state index contributed by atoms with van der Waals surface area (Å²) < 4.78 is 5.55. The second-order valence-electron chi connectivity index (χ2n) is 8.01. The Bertz CT molecular complexity index is 510. The van der Waals surface area contributed by atoms with Crippen molar-refractivity contribution in [1.82, 2.24) is 10.2 Å². The van der Waals surface area contributed by atoms with E-state index in [1.807, 2.05) is 25.7 Å². The van der Waals surface area contributed by atoms with Crippen LogP contribution in [-0.2, 0) is 11.2 Å². The average Bonchev–Trinajstić information content (AvgIpc) is 3.07. The molecule has 1 aromatic heterocycles. The van der Waals surface area contributed by atoms with Crippen LogP contribution in [0.15, 0.2) is 16.8 Å². The lowest BCUT2D eigenvalue weighted by molar-refractivity contribution is 0.0214. The van der Waals surface area contributed by atoms with Gasteiger partial charge in [-0.2, -0.15) is 11.3 Å². The van der Waals surface area contributed by atoms with E-state index < -0.39 is 5.60 Å². The predicted octanol–water partition coefficient (Wildman–Crippen LogP) is 4.45. The number of nitrogens with one attached hydrogen (secondary N) is 1. The molecule has 0 bridgehead atoms. The van der Waals surface area contributed by atoms with Gasteiger partial charge in [0.25, 0.3) is 0 Å². The summed E-state index contributed by atoms with van der Waals surface area (Å²) in [5, 5.41) is 8.02. The molecule has 1 amide bonds. The molecule has 0 radical (unpaired) electrons. The van der Waals surface area contributed by atoms with Crippen molar-refractivity contribution in [2.24, 2.45) is 0 Å². The van der Waals surface area contributed by atoms with E-state index in [4.69, 9.17) is 4.74 Å². The van der Waals surface area contributed by atoms with Crippen molar-refractivity contribution >= 4 is 17.4 Å². The van der Waals surface area contributed by atoms with Gasteiger partial charge < -0.3 is 15.0 Å². The highest BCUT2D eigenvalue weighted by atomic mass is 32.1. The van der Waals surface area contributed by atoms with Crippen LogP contribution in [0.3, 0.4) is 0 Å². The van der Waals surface area contributed by atoms with Crippen LogP contribution in [0, 0.1) is 0 Å². The summed E-state index contributed by atoms with van der Waals surface area (Å²) in [6.45, 7) is 11.0. The Hall–Kier alpha value is -1.07. The number of thiophene rings is 1. The van der Waals surface area contributed by atoms with Crippen LogP contribution in [0.25, 0.3) is 0 Å². The third-order valence-electron chi connectivity index (χ3n) is 4.32. The van der Waals surface area contributed by atoms with Crippen LogP contribution in [-0.4, -0.2) is 41.3 Å². The van der Waals surface area contributed by atoms with Crippen LogP contribution in [0.4, 0.5) is 4.79 Å². The van der Waals surface area contributed by atoms with E-state index in [1.165, 1.54) is 5.56 Å². The monoisotopic (exact) mass is 352 g/mol. The summed E-state index contributed by atoms with van der Waals surface area (Å²) >= 11 is 1.75. The number of amides is 1. The SMILES string of the molecule is CC(Cc1ccsc1)NC(C)CC1CCCN1C(=O)OC(C)(C)C. The summed E-state index contributed by atoms with van der Waals surface area (Å²) in [4.78, 5) is 14.3. The molecule has 0 aromatic carbocycles. The molecular weight excluding hydrogens is 320 g/mol. The fourth-order valence-corrected chi connectivity index (χ4v) is 4.11. The molecule has 3 unspecified atom stereocenters. The van der Waals surface area contributed by atoms with Crippen LogP contribution < -0.4 is 5.32 Å². The maximum Gasteiger partial charge on any atom is 0.410 e. The summed E-state index contributed by atoms with van der Waals surface area (Å²) in [5.74, 6) is 0. The molecule has 1 saturated heterocycles. The topological polar surface area (TPSA) is 41.6 Å². The van der Waals surface area contributed by atoms with Crippen LogP contribution in [0.2, 0.25) is 0 Å². The van der Waals surface area contributed by atoms with Gasteiger partial charge in [0.05, 0.1) is 0 Å². The van der Waals surface area contributed by atoms with Gasteiger partial charge in [-0.1, -0.05) is 0 Å². The maximum atomic E-state index is 12.4. The molecule has 0 spiro atoms. The molecule has 2 heterocycles. The van der Waals surface area contributed by atoms with Gasteiger partial charge in [-0.25, -0.2) is 4.79 Å². The third-order valence-corrected chi connectivity index (χ3v) is 5.05. The fourth-order valence-electron chi connectivity index (χ4n) is 3.42. The summed E-state index contributed by atoms with van der Waals surface area (Å²) in [5.41, 5.74) is 0.965. The van der Waals surface area contributed by atoms with E-state index in [0.29, 0.717) is 12.1 Å². The number of rotatable bonds is 6. The Morgan fingerprint density at radius 2 is 2.17 bits per heavy atom. The molecule has 0 aliphatic carbocycles. The van der Waals surface area contributed by atoms with Gasteiger partial charge in [-0.15, -0.1) is 0 Å². The highest BCUT2D eigenvalue weighted by Gasteiger charge is 2.33. The molecule has 1 aliphatic heterocycles. The van der Waals surface area contributed by atoms with Gasteiger partial charge in [0, 0.05) is 24.7 Å². The lowest BCUT2D eigenvalue weighted by atomic mass is 10.0. The Morgan fingerprint density at radius 3 is 2.79 bits per heavy atom. The molecule has 1 N–H and O–H groups in total. The normalized spacial score (nSPS) is 20.9. The molecule has 136 valence electrons. The number of nitrogens with zero attached hydrogens (tertiary/aromatic N) is 1. The molecule has 2 rings (SSSR count). The minimum absolute atomic E-state index is 0.163. The van der Waals surface area contributed by atoms with Crippen molar-refractivity contribution < 1.29 is 9.53 Å².